The smallest absolute Gasteiger partial charge is 0.226 e. The highest BCUT2D eigenvalue weighted by Gasteiger charge is 2.36. The zero-order valence-electron chi connectivity index (χ0n) is 17.3. The minimum absolute atomic E-state index is 0.129. The number of benzene rings is 2. The topological polar surface area (TPSA) is 78.3 Å². The van der Waals surface area contributed by atoms with Crippen molar-refractivity contribution in [1.82, 2.24) is 14.8 Å². The maximum absolute atomic E-state index is 12.8. The summed E-state index contributed by atoms with van der Waals surface area (Å²) in [7, 11) is 1.59. The number of rotatable bonds is 5. The van der Waals surface area contributed by atoms with Crippen LogP contribution in [0, 0.1) is 0 Å². The second kappa shape index (κ2) is 8.48. The van der Waals surface area contributed by atoms with Crippen LogP contribution in [-0.2, 0) is 11.4 Å². The van der Waals surface area contributed by atoms with Gasteiger partial charge in [-0.1, -0.05) is 35.3 Å². The van der Waals surface area contributed by atoms with Gasteiger partial charge in [0, 0.05) is 17.7 Å². The number of nitrogens with zero attached hydrogens (tertiary/aromatic N) is 3. The predicted octanol–water partition coefficient (Wildman–Crippen LogP) is 5.19. The van der Waals surface area contributed by atoms with E-state index in [4.69, 9.17) is 32.7 Å². The SMILES string of the molecule is COc1cc(C2C3=C(CCCC3=O)Nc3ncnn32)ccc1OCc1ccc(Cl)c(Cl)c1. The molecule has 164 valence electrons. The van der Waals surface area contributed by atoms with E-state index in [1.165, 1.54) is 6.33 Å². The average molecular weight is 471 g/mol. The largest absolute Gasteiger partial charge is 0.493 e. The molecule has 0 bridgehead atoms. The van der Waals surface area contributed by atoms with E-state index in [1.807, 2.05) is 24.3 Å². The Labute approximate surface area is 195 Å². The van der Waals surface area contributed by atoms with E-state index in [0.29, 0.717) is 40.5 Å². The van der Waals surface area contributed by atoms with Gasteiger partial charge in [0.05, 0.1) is 17.2 Å². The fraction of sp³-hybridized carbons (Fsp3) is 0.261. The molecular weight excluding hydrogens is 451 g/mol. The highest BCUT2D eigenvalue weighted by Crippen LogP contribution is 2.41. The average Bonchev–Trinajstić information content (AvgIpc) is 3.27. The summed E-state index contributed by atoms with van der Waals surface area (Å²) in [6, 6.07) is 10.7. The number of ether oxygens (including phenoxy) is 2. The Morgan fingerprint density at radius 3 is 2.81 bits per heavy atom. The number of allylic oxidation sites excluding steroid dienone is 2. The zero-order valence-corrected chi connectivity index (χ0v) is 18.8. The Bertz CT molecular complexity index is 1240. The molecule has 32 heavy (non-hydrogen) atoms. The van der Waals surface area contributed by atoms with Crippen molar-refractivity contribution in [2.75, 3.05) is 12.4 Å². The maximum atomic E-state index is 12.8. The van der Waals surface area contributed by atoms with Crippen molar-refractivity contribution in [3.05, 3.63) is 75.2 Å². The highest BCUT2D eigenvalue weighted by atomic mass is 35.5. The normalized spacial score (nSPS) is 17.5. The van der Waals surface area contributed by atoms with E-state index in [1.54, 1.807) is 23.9 Å². The van der Waals surface area contributed by atoms with Crippen molar-refractivity contribution < 1.29 is 14.3 Å². The molecule has 0 amide bonds. The van der Waals surface area contributed by atoms with E-state index < -0.39 is 0 Å². The Morgan fingerprint density at radius 1 is 1.12 bits per heavy atom. The number of nitrogens with one attached hydrogen (secondary N) is 1. The number of fused-ring (bicyclic) bond motifs is 1. The molecule has 0 spiro atoms. The summed E-state index contributed by atoms with van der Waals surface area (Å²) in [5, 5.41) is 8.61. The van der Waals surface area contributed by atoms with E-state index in [0.717, 1.165) is 35.2 Å². The van der Waals surface area contributed by atoms with Gasteiger partial charge in [-0.25, -0.2) is 4.68 Å². The van der Waals surface area contributed by atoms with E-state index in [-0.39, 0.29) is 11.8 Å². The van der Waals surface area contributed by atoms with E-state index in [2.05, 4.69) is 15.4 Å². The monoisotopic (exact) mass is 470 g/mol. The Balaban J connectivity index is 1.47. The third-order valence-corrected chi connectivity index (χ3v) is 6.43. The van der Waals surface area contributed by atoms with E-state index >= 15 is 0 Å². The quantitative estimate of drug-likeness (QED) is 0.552. The maximum Gasteiger partial charge on any atom is 0.226 e. The molecule has 1 aromatic heterocycles. The van der Waals surface area contributed by atoms with Gasteiger partial charge in [0.25, 0.3) is 0 Å². The zero-order chi connectivity index (χ0) is 22.2. The van der Waals surface area contributed by atoms with Crippen LogP contribution in [0.4, 0.5) is 5.95 Å². The molecule has 2 aliphatic rings. The number of aromatic nitrogens is 3. The molecule has 0 radical (unpaired) electrons. The molecule has 1 N–H and O–H groups in total. The third-order valence-electron chi connectivity index (χ3n) is 5.69. The van der Waals surface area contributed by atoms with Crippen LogP contribution in [0.25, 0.3) is 0 Å². The van der Waals surface area contributed by atoms with Gasteiger partial charge in [-0.2, -0.15) is 10.1 Å². The molecular formula is C23H20Cl2N4O3. The second-order valence-electron chi connectivity index (χ2n) is 7.67. The summed E-state index contributed by atoms with van der Waals surface area (Å²) in [6.45, 7) is 0.307. The number of ketones is 1. The molecule has 7 nitrogen and oxygen atoms in total. The van der Waals surface area contributed by atoms with Gasteiger partial charge in [0.1, 0.15) is 19.0 Å². The van der Waals surface area contributed by atoms with Gasteiger partial charge >= 0.3 is 0 Å². The summed E-state index contributed by atoms with van der Waals surface area (Å²) in [6.07, 6.45) is 3.66. The molecule has 1 unspecified atom stereocenters. The summed E-state index contributed by atoms with van der Waals surface area (Å²) in [5.41, 5.74) is 3.42. The van der Waals surface area contributed by atoms with Crippen LogP contribution in [0.2, 0.25) is 10.0 Å². The molecule has 0 fully saturated rings. The Morgan fingerprint density at radius 2 is 2.00 bits per heavy atom. The molecule has 0 saturated heterocycles. The summed E-state index contributed by atoms with van der Waals surface area (Å²) in [5.74, 6) is 1.90. The Hall–Kier alpha value is -3.03. The number of Topliss-reactive ketones (excluding diaryl/α,β-unsaturated/α-hetero) is 1. The fourth-order valence-corrected chi connectivity index (χ4v) is 4.49. The molecule has 1 aliphatic heterocycles. The first kappa shape index (κ1) is 20.8. The first-order valence-electron chi connectivity index (χ1n) is 10.2. The van der Waals surface area contributed by atoms with Crippen LogP contribution in [0.15, 0.2) is 54.0 Å². The standard InChI is InChI=1S/C23H20Cl2N4O3/c1-31-20-10-14(6-8-19(20)32-11-13-5-7-15(24)16(25)9-13)22-21-17(3-2-4-18(21)30)28-23-26-12-27-29(22)23/h5-10,12,22H,2-4,11H2,1H3,(H,26,27,28). The lowest BCUT2D eigenvalue weighted by Gasteiger charge is -2.32. The number of methoxy groups -OCH3 is 1. The molecule has 1 atom stereocenters. The van der Waals surface area contributed by atoms with Gasteiger partial charge in [0.2, 0.25) is 5.95 Å². The summed E-state index contributed by atoms with van der Waals surface area (Å²) in [4.78, 5) is 17.1. The first-order valence-corrected chi connectivity index (χ1v) is 11.0. The Kier molecular flexibility index (Phi) is 5.53. The van der Waals surface area contributed by atoms with Crippen molar-refractivity contribution >= 4 is 34.9 Å². The van der Waals surface area contributed by atoms with Crippen LogP contribution in [0.3, 0.4) is 0 Å². The van der Waals surface area contributed by atoms with Crippen LogP contribution in [-0.4, -0.2) is 27.7 Å². The van der Waals surface area contributed by atoms with Crippen molar-refractivity contribution in [3.8, 4) is 11.5 Å². The molecule has 0 saturated carbocycles. The van der Waals surface area contributed by atoms with Crippen LogP contribution in [0.1, 0.15) is 36.4 Å². The first-order chi connectivity index (χ1) is 15.5. The second-order valence-corrected chi connectivity index (χ2v) is 8.49. The van der Waals surface area contributed by atoms with Crippen LogP contribution < -0.4 is 14.8 Å². The lowest BCUT2D eigenvalue weighted by molar-refractivity contribution is -0.116. The molecule has 5 rings (SSSR count). The van der Waals surface area contributed by atoms with Crippen molar-refractivity contribution in [3.63, 3.8) is 0 Å². The third kappa shape index (κ3) is 3.72. The molecule has 2 heterocycles. The van der Waals surface area contributed by atoms with Gasteiger partial charge in [-0.05, 0) is 48.2 Å². The van der Waals surface area contributed by atoms with Gasteiger partial charge in [0.15, 0.2) is 17.3 Å². The number of carbonyl (C=O) groups excluding carboxylic acids is 1. The summed E-state index contributed by atoms with van der Waals surface area (Å²) >= 11 is 12.1. The highest BCUT2D eigenvalue weighted by molar-refractivity contribution is 6.42. The van der Waals surface area contributed by atoms with Crippen molar-refractivity contribution in [2.45, 2.75) is 31.9 Å². The predicted molar refractivity (Wildman–Crippen MR) is 121 cm³/mol. The van der Waals surface area contributed by atoms with Crippen molar-refractivity contribution in [2.24, 2.45) is 0 Å². The number of hydrogen-bond donors (Lipinski definition) is 1. The molecule has 9 heteroatoms. The minimum atomic E-state index is -0.366. The lowest BCUT2D eigenvalue weighted by Crippen LogP contribution is -2.31. The molecule has 1 aliphatic carbocycles. The van der Waals surface area contributed by atoms with Gasteiger partial charge < -0.3 is 14.8 Å². The van der Waals surface area contributed by atoms with Crippen molar-refractivity contribution in [1.29, 1.82) is 0 Å². The fourth-order valence-electron chi connectivity index (χ4n) is 4.17. The van der Waals surface area contributed by atoms with Gasteiger partial charge in [-0.3, -0.25) is 4.79 Å². The lowest BCUT2D eigenvalue weighted by atomic mass is 9.85. The number of halogens is 2. The minimum Gasteiger partial charge on any atom is -0.493 e. The number of carbonyl (C=O) groups is 1. The molecule has 2 aromatic carbocycles. The number of hydrogen-bond acceptors (Lipinski definition) is 6. The number of anilines is 1. The summed E-state index contributed by atoms with van der Waals surface area (Å²) < 4.78 is 13.3. The van der Waals surface area contributed by atoms with Crippen LogP contribution in [0.5, 0.6) is 11.5 Å². The van der Waals surface area contributed by atoms with Crippen LogP contribution >= 0.6 is 23.2 Å². The molecule has 3 aromatic rings. The van der Waals surface area contributed by atoms with Gasteiger partial charge in [-0.15, -0.1) is 0 Å². The van der Waals surface area contributed by atoms with E-state index in [9.17, 15) is 4.79 Å².